The molecule has 0 saturated carbocycles. The highest BCUT2D eigenvalue weighted by Crippen LogP contribution is 2.07. The standard InChI is InChI=1S/C19H22O3/c1-21-19(20)16-12-10-8-6-4-2-3-5-7-9-11-14-18-15-13-17-22-18/h3,5,13,15,17H,2,4,6,8,10,12,16H2,1H3/b5-3+. The number of allylic oxidation sites excluding steroid dienone is 2. The summed E-state index contributed by atoms with van der Waals surface area (Å²) in [6, 6.07) is 3.60. The van der Waals surface area contributed by atoms with Crippen LogP contribution in [0.1, 0.15) is 50.7 Å². The molecule has 0 saturated heterocycles. The predicted octanol–water partition coefficient (Wildman–Crippen LogP) is 4.09. The van der Waals surface area contributed by atoms with Gasteiger partial charge >= 0.3 is 5.97 Å². The van der Waals surface area contributed by atoms with Gasteiger partial charge in [-0.2, -0.15) is 0 Å². The van der Waals surface area contributed by atoms with Crippen molar-refractivity contribution in [3.05, 3.63) is 36.3 Å². The van der Waals surface area contributed by atoms with E-state index in [4.69, 9.17) is 4.42 Å². The lowest BCUT2D eigenvalue weighted by atomic mass is 10.1. The van der Waals surface area contributed by atoms with Gasteiger partial charge in [-0.15, -0.1) is 0 Å². The molecule has 0 aliphatic carbocycles. The van der Waals surface area contributed by atoms with Crippen LogP contribution in [0, 0.1) is 23.7 Å². The maximum Gasteiger partial charge on any atom is 0.305 e. The van der Waals surface area contributed by atoms with Gasteiger partial charge in [0, 0.05) is 6.42 Å². The Morgan fingerprint density at radius 3 is 2.82 bits per heavy atom. The number of hydrogen-bond donors (Lipinski definition) is 0. The van der Waals surface area contributed by atoms with E-state index in [2.05, 4.69) is 34.5 Å². The Balaban J connectivity index is 1.97. The first-order valence-corrected chi connectivity index (χ1v) is 7.60. The van der Waals surface area contributed by atoms with E-state index < -0.39 is 0 Å². The van der Waals surface area contributed by atoms with Gasteiger partial charge in [-0.3, -0.25) is 4.79 Å². The summed E-state index contributed by atoms with van der Waals surface area (Å²) in [7, 11) is 1.43. The second kappa shape index (κ2) is 12.4. The second-order valence-electron chi connectivity index (χ2n) is 4.78. The van der Waals surface area contributed by atoms with Crippen LogP contribution in [-0.2, 0) is 9.53 Å². The lowest BCUT2D eigenvalue weighted by molar-refractivity contribution is -0.140. The molecule has 1 aromatic heterocycles. The van der Waals surface area contributed by atoms with Crippen LogP contribution in [0.5, 0.6) is 0 Å². The number of esters is 1. The van der Waals surface area contributed by atoms with Crippen molar-refractivity contribution >= 4 is 5.97 Å². The molecule has 1 heterocycles. The van der Waals surface area contributed by atoms with Gasteiger partial charge < -0.3 is 9.15 Å². The molecule has 0 spiro atoms. The van der Waals surface area contributed by atoms with Gasteiger partial charge in [-0.1, -0.05) is 31.3 Å². The van der Waals surface area contributed by atoms with E-state index in [0.29, 0.717) is 12.2 Å². The van der Waals surface area contributed by atoms with Crippen molar-refractivity contribution < 1.29 is 13.9 Å². The number of ether oxygens (including phenoxy) is 1. The quantitative estimate of drug-likeness (QED) is 0.412. The second-order valence-corrected chi connectivity index (χ2v) is 4.78. The van der Waals surface area contributed by atoms with E-state index in [1.165, 1.54) is 13.5 Å². The Morgan fingerprint density at radius 2 is 2.05 bits per heavy atom. The van der Waals surface area contributed by atoms with Crippen molar-refractivity contribution in [3.63, 3.8) is 0 Å². The fourth-order valence-electron chi connectivity index (χ4n) is 1.83. The van der Waals surface area contributed by atoms with Gasteiger partial charge in [0.25, 0.3) is 0 Å². The van der Waals surface area contributed by atoms with Gasteiger partial charge in [-0.05, 0) is 55.2 Å². The van der Waals surface area contributed by atoms with Gasteiger partial charge in [0.05, 0.1) is 13.4 Å². The Labute approximate surface area is 132 Å². The first kappa shape index (κ1) is 17.7. The lowest BCUT2D eigenvalue weighted by Crippen LogP contribution is -1.98. The lowest BCUT2D eigenvalue weighted by Gasteiger charge is -1.99. The number of carbonyl (C=O) groups is 1. The summed E-state index contributed by atoms with van der Waals surface area (Å²) >= 11 is 0. The molecule has 3 nitrogen and oxygen atoms in total. The molecule has 0 aliphatic rings. The largest absolute Gasteiger partial charge is 0.469 e. The van der Waals surface area contributed by atoms with E-state index >= 15 is 0 Å². The third-order valence-electron chi connectivity index (χ3n) is 3.02. The minimum Gasteiger partial charge on any atom is -0.469 e. The molecule has 0 aliphatic heterocycles. The molecule has 0 aromatic carbocycles. The number of methoxy groups -OCH3 is 1. The van der Waals surface area contributed by atoms with Crippen LogP contribution >= 0.6 is 0 Å². The third kappa shape index (κ3) is 9.50. The molecule has 0 amide bonds. The molecule has 1 aromatic rings. The van der Waals surface area contributed by atoms with E-state index in [-0.39, 0.29) is 5.97 Å². The van der Waals surface area contributed by atoms with Gasteiger partial charge in [0.1, 0.15) is 0 Å². The molecule has 22 heavy (non-hydrogen) atoms. The molecule has 0 unspecified atom stereocenters. The molecule has 0 atom stereocenters. The van der Waals surface area contributed by atoms with E-state index in [0.717, 1.165) is 32.1 Å². The molecule has 3 heteroatoms. The van der Waals surface area contributed by atoms with Crippen LogP contribution in [-0.4, -0.2) is 13.1 Å². The van der Waals surface area contributed by atoms with Crippen molar-refractivity contribution in [1.29, 1.82) is 0 Å². The van der Waals surface area contributed by atoms with Gasteiger partial charge in [0.2, 0.25) is 0 Å². The maximum atomic E-state index is 10.9. The van der Waals surface area contributed by atoms with Crippen molar-refractivity contribution in [2.45, 2.75) is 44.9 Å². The monoisotopic (exact) mass is 298 g/mol. The van der Waals surface area contributed by atoms with E-state index in [1.807, 2.05) is 6.08 Å². The number of rotatable bonds is 8. The summed E-state index contributed by atoms with van der Waals surface area (Å²) in [5.74, 6) is 11.7. The highest BCUT2D eigenvalue weighted by molar-refractivity contribution is 5.68. The molecule has 0 radical (unpaired) electrons. The van der Waals surface area contributed by atoms with Crippen LogP contribution in [0.15, 0.2) is 35.0 Å². The molecule has 0 bridgehead atoms. The summed E-state index contributed by atoms with van der Waals surface area (Å²) in [4.78, 5) is 10.9. The van der Waals surface area contributed by atoms with Crippen LogP contribution in [0.4, 0.5) is 0 Å². The van der Waals surface area contributed by atoms with Crippen molar-refractivity contribution in [2.75, 3.05) is 7.11 Å². The van der Waals surface area contributed by atoms with Crippen LogP contribution < -0.4 is 0 Å². The first-order valence-electron chi connectivity index (χ1n) is 7.60. The molecular formula is C19H22O3. The Kier molecular flexibility index (Phi) is 9.92. The average molecular weight is 298 g/mol. The van der Waals surface area contributed by atoms with Crippen LogP contribution in [0.25, 0.3) is 0 Å². The Morgan fingerprint density at radius 1 is 1.23 bits per heavy atom. The smallest absolute Gasteiger partial charge is 0.305 e. The van der Waals surface area contributed by atoms with Crippen molar-refractivity contribution in [2.24, 2.45) is 0 Å². The summed E-state index contributed by atoms with van der Waals surface area (Å²) in [5.41, 5.74) is 0. The minimum atomic E-state index is -0.114. The average Bonchev–Trinajstić information content (AvgIpc) is 3.04. The van der Waals surface area contributed by atoms with E-state index in [1.54, 1.807) is 18.4 Å². The molecule has 0 fully saturated rings. The summed E-state index contributed by atoms with van der Waals surface area (Å²) < 4.78 is 9.66. The SMILES string of the molecule is COC(=O)CCCCCCC/C=C/C#CC#Cc1ccco1. The minimum absolute atomic E-state index is 0.114. The molecule has 1 rings (SSSR count). The zero-order valence-corrected chi connectivity index (χ0v) is 13.1. The Hall–Kier alpha value is -2.39. The predicted molar refractivity (Wildman–Crippen MR) is 86.8 cm³/mol. The highest BCUT2D eigenvalue weighted by atomic mass is 16.5. The van der Waals surface area contributed by atoms with E-state index in [9.17, 15) is 4.79 Å². The highest BCUT2D eigenvalue weighted by Gasteiger charge is 1.98. The molecular weight excluding hydrogens is 276 g/mol. The Bertz CT molecular complexity index is 559. The van der Waals surface area contributed by atoms with Crippen LogP contribution in [0.2, 0.25) is 0 Å². The maximum absolute atomic E-state index is 10.9. The fourth-order valence-corrected chi connectivity index (χ4v) is 1.83. The number of hydrogen-bond acceptors (Lipinski definition) is 3. The zero-order valence-electron chi connectivity index (χ0n) is 13.1. The third-order valence-corrected chi connectivity index (χ3v) is 3.02. The normalized spacial score (nSPS) is 9.68. The molecule has 116 valence electrons. The first-order chi connectivity index (χ1) is 10.8. The van der Waals surface area contributed by atoms with Crippen molar-refractivity contribution in [1.82, 2.24) is 0 Å². The number of carbonyl (C=O) groups excluding carboxylic acids is 1. The number of furan rings is 1. The molecule has 0 N–H and O–H groups in total. The van der Waals surface area contributed by atoms with Crippen molar-refractivity contribution in [3.8, 4) is 23.7 Å². The topological polar surface area (TPSA) is 39.4 Å². The fraction of sp³-hybridized carbons (Fsp3) is 0.421. The zero-order chi connectivity index (χ0) is 15.9. The van der Waals surface area contributed by atoms with Gasteiger partial charge in [0.15, 0.2) is 5.76 Å². The summed E-state index contributed by atoms with van der Waals surface area (Å²) in [5, 5.41) is 0. The summed E-state index contributed by atoms with van der Waals surface area (Å²) in [6.07, 6.45) is 12.5. The van der Waals surface area contributed by atoms with Gasteiger partial charge in [-0.25, -0.2) is 0 Å². The summed E-state index contributed by atoms with van der Waals surface area (Å²) in [6.45, 7) is 0. The number of unbranched alkanes of at least 4 members (excludes halogenated alkanes) is 5. The van der Waals surface area contributed by atoms with Crippen LogP contribution in [0.3, 0.4) is 0 Å².